The van der Waals surface area contributed by atoms with Crippen molar-refractivity contribution in [3.63, 3.8) is 0 Å². The fourth-order valence-electron chi connectivity index (χ4n) is 0.804. The molecule has 5 heteroatoms. The molecule has 0 amide bonds. The van der Waals surface area contributed by atoms with E-state index < -0.39 is 0 Å². The lowest BCUT2D eigenvalue weighted by Crippen LogP contribution is -2.09. The molecule has 0 aliphatic heterocycles. The zero-order chi connectivity index (χ0) is 8.27. The van der Waals surface area contributed by atoms with E-state index in [-0.39, 0.29) is 25.1 Å². The van der Waals surface area contributed by atoms with Crippen molar-refractivity contribution in [1.29, 1.82) is 0 Å². The fraction of sp³-hybridized carbons (Fsp3) is 0.429. The second-order valence-corrected chi connectivity index (χ2v) is 4.14. The van der Waals surface area contributed by atoms with E-state index in [2.05, 4.69) is 15.9 Å². The molecule has 70 valence electrons. The highest BCUT2D eigenvalue weighted by atomic mass is 79.9. The van der Waals surface area contributed by atoms with Gasteiger partial charge >= 0.3 is 0 Å². The fourth-order valence-corrected chi connectivity index (χ4v) is 2.29. The van der Waals surface area contributed by atoms with Crippen LogP contribution in [0.1, 0.15) is 17.3 Å². The third kappa shape index (κ3) is 3.41. The van der Waals surface area contributed by atoms with Gasteiger partial charge in [0.05, 0.1) is 0 Å². The van der Waals surface area contributed by atoms with E-state index >= 15 is 0 Å². The molecular weight excluding hydrogens is 262 g/mol. The molecule has 0 fully saturated rings. The highest BCUT2D eigenvalue weighted by molar-refractivity contribution is 9.10. The van der Waals surface area contributed by atoms with Crippen LogP contribution in [0.2, 0.25) is 0 Å². The average Bonchev–Trinajstić information content (AvgIpc) is 2.36. The second-order valence-electron chi connectivity index (χ2n) is 2.29. The van der Waals surface area contributed by atoms with Crippen molar-refractivity contribution in [2.45, 2.75) is 12.5 Å². The Hall–Kier alpha value is 0.390. The Balaban J connectivity index is 0.00000121. The topological polar surface area (TPSA) is 46.2 Å². The van der Waals surface area contributed by atoms with Gasteiger partial charge in [-0.05, 0) is 28.4 Å². The van der Waals surface area contributed by atoms with E-state index in [1.54, 1.807) is 11.3 Å². The van der Waals surface area contributed by atoms with Crippen LogP contribution in [0.4, 0.5) is 0 Å². The number of aliphatic hydroxyl groups is 1. The monoisotopic (exact) mass is 271 g/mol. The summed E-state index contributed by atoms with van der Waals surface area (Å²) in [5, 5.41) is 10.6. The first-order valence-corrected chi connectivity index (χ1v) is 5.01. The predicted molar refractivity (Wildman–Crippen MR) is 57.9 cm³/mol. The highest BCUT2D eigenvalue weighted by Gasteiger charge is 2.06. The van der Waals surface area contributed by atoms with Gasteiger partial charge in [-0.1, -0.05) is 0 Å². The summed E-state index contributed by atoms with van der Waals surface area (Å²) in [6, 6.07) is 1.97. The molecule has 3 N–H and O–H groups in total. The standard InChI is InChI=1S/C7H10BrNOS.ClH/c8-5-3-7(11-4-5)6(9)1-2-10;/h3-4,6,10H,1-2,9H2;1H. The molecule has 0 saturated heterocycles. The van der Waals surface area contributed by atoms with Gasteiger partial charge in [-0.25, -0.2) is 0 Å². The number of thiophene rings is 1. The molecule has 1 aromatic rings. The molecule has 1 atom stereocenters. The van der Waals surface area contributed by atoms with Crippen LogP contribution in [-0.2, 0) is 0 Å². The van der Waals surface area contributed by atoms with Crippen LogP contribution in [-0.4, -0.2) is 11.7 Å². The van der Waals surface area contributed by atoms with Gasteiger partial charge in [-0.3, -0.25) is 0 Å². The summed E-state index contributed by atoms with van der Waals surface area (Å²) in [4.78, 5) is 1.12. The molecule has 1 unspecified atom stereocenters. The Morgan fingerprint density at radius 2 is 2.33 bits per heavy atom. The maximum absolute atomic E-state index is 8.62. The maximum Gasteiger partial charge on any atom is 0.0449 e. The lowest BCUT2D eigenvalue weighted by atomic mass is 10.2. The number of hydrogen-bond acceptors (Lipinski definition) is 3. The van der Waals surface area contributed by atoms with E-state index in [1.165, 1.54) is 0 Å². The first kappa shape index (κ1) is 12.4. The van der Waals surface area contributed by atoms with Crippen LogP contribution in [0.5, 0.6) is 0 Å². The molecule has 0 aromatic carbocycles. The molecule has 0 spiro atoms. The van der Waals surface area contributed by atoms with E-state index in [0.29, 0.717) is 6.42 Å². The minimum Gasteiger partial charge on any atom is -0.396 e. The van der Waals surface area contributed by atoms with E-state index in [1.807, 2.05) is 11.4 Å². The Bertz CT molecular complexity index is 231. The zero-order valence-electron chi connectivity index (χ0n) is 6.37. The van der Waals surface area contributed by atoms with E-state index in [0.717, 1.165) is 9.35 Å². The molecule has 0 aliphatic rings. The van der Waals surface area contributed by atoms with Gasteiger partial charge in [-0.2, -0.15) is 0 Å². The predicted octanol–water partition coefficient (Wildman–Crippen LogP) is 2.31. The Kier molecular flexibility index (Phi) is 6.13. The molecule has 0 aliphatic carbocycles. The molecule has 2 nitrogen and oxygen atoms in total. The average molecular weight is 273 g/mol. The van der Waals surface area contributed by atoms with Crippen LogP contribution in [0.25, 0.3) is 0 Å². The molecule has 0 radical (unpaired) electrons. The Morgan fingerprint density at radius 1 is 1.67 bits per heavy atom. The Morgan fingerprint density at radius 3 is 2.75 bits per heavy atom. The largest absolute Gasteiger partial charge is 0.396 e. The smallest absolute Gasteiger partial charge is 0.0449 e. The van der Waals surface area contributed by atoms with Crippen molar-refractivity contribution in [2.24, 2.45) is 5.73 Å². The maximum atomic E-state index is 8.62. The van der Waals surface area contributed by atoms with E-state index in [4.69, 9.17) is 10.8 Å². The summed E-state index contributed by atoms with van der Waals surface area (Å²) in [6.45, 7) is 0.149. The number of aliphatic hydroxyl groups excluding tert-OH is 1. The van der Waals surface area contributed by atoms with Crippen molar-refractivity contribution in [2.75, 3.05) is 6.61 Å². The summed E-state index contributed by atoms with van der Waals surface area (Å²) in [5.41, 5.74) is 5.75. The quantitative estimate of drug-likeness (QED) is 0.887. The van der Waals surface area contributed by atoms with Gasteiger partial charge in [0.15, 0.2) is 0 Å². The van der Waals surface area contributed by atoms with Gasteiger partial charge in [-0.15, -0.1) is 23.7 Å². The minimum atomic E-state index is -0.0173. The summed E-state index contributed by atoms with van der Waals surface area (Å²) >= 11 is 4.96. The lowest BCUT2D eigenvalue weighted by Gasteiger charge is -2.05. The van der Waals surface area contributed by atoms with Crippen LogP contribution in [0, 0.1) is 0 Å². The van der Waals surface area contributed by atoms with Crippen molar-refractivity contribution >= 4 is 39.7 Å². The summed E-state index contributed by atoms with van der Waals surface area (Å²) in [5.74, 6) is 0. The first-order valence-electron chi connectivity index (χ1n) is 3.34. The molecular formula is C7H11BrClNOS. The van der Waals surface area contributed by atoms with Crippen molar-refractivity contribution in [3.05, 3.63) is 20.8 Å². The first-order chi connectivity index (χ1) is 5.24. The SMILES string of the molecule is Cl.NC(CCO)c1cc(Br)cs1. The van der Waals surface area contributed by atoms with Crippen LogP contribution >= 0.6 is 39.7 Å². The van der Waals surface area contributed by atoms with Crippen LogP contribution in [0.3, 0.4) is 0 Å². The summed E-state index contributed by atoms with van der Waals surface area (Å²) in [6.07, 6.45) is 0.632. The molecule has 0 bridgehead atoms. The van der Waals surface area contributed by atoms with Crippen molar-refractivity contribution in [1.82, 2.24) is 0 Å². The van der Waals surface area contributed by atoms with Crippen molar-refractivity contribution < 1.29 is 5.11 Å². The third-order valence-corrected chi connectivity index (χ3v) is 3.22. The number of hydrogen-bond donors (Lipinski definition) is 2. The van der Waals surface area contributed by atoms with Gasteiger partial charge < -0.3 is 10.8 Å². The van der Waals surface area contributed by atoms with Gasteiger partial charge in [0.1, 0.15) is 0 Å². The van der Waals surface area contributed by atoms with E-state index in [9.17, 15) is 0 Å². The molecule has 0 saturated carbocycles. The minimum absolute atomic E-state index is 0. The molecule has 12 heavy (non-hydrogen) atoms. The van der Waals surface area contributed by atoms with Crippen LogP contribution in [0.15, 0.2) is 15.9 Å². The van der Waals surface area contributed by atoms with Crippen LogP contribution < -0.4 is 5.73 Å². The zero-order valence-corrected chi connectivity index (χ0v) is 9.58. The van der Waals surface area contributed by atoms with Crippen molar-refractivity contribution in [3.8, 4) is 0 Å². The lowest BCUT2D eigenvalue weighted by molar-refractivity contribution is 0.277. The number of halogens is 2. The highest BCUT2D eigenvalue weighted by Crippen LogP contribution is 2.25. The third-order valence-electron chi connectivity index (χ3n) is 1.39. The molecule has 1 aromatic heterocycles. The normalized spacial score (nSPS) is 12.2. The summed E-state index contributed by atoms with van der Waals surface area (Å²) in [7, 11) is 0. The summed E-state index contributed by atoms with van der Waals surface area (Å²) < 4.78 is 1.06. The Labute approximate surface area is 90.3 Å². The van der Waals surface area contributed by atoms with Gasteiger partial charge in [0.25, 0.3) is 0 Å². The van der Waals surface area contributed by atoms with Gasteiger partial charge in [0.2, 0.25) is 0 Å². The number of nitrogens with two attached hydrogens (primary N) is 1. The number of rotatable bonds is 3. The molecule has 1 heterocycles. The second kappa shape index (κ2) is 5.94. The van der Waals surface area contributed by atoms with Gasteiger partial charge in [0, 0.05) is 27.4 Å². The molecule has 1 rings (SSSR count).